The van der Waals surface area contributed by atoms with Crippen LogP contribution in [0.15, 0.2) is 18.2 Å². The Labute approximate surface area is 119 Å². The van der Waals surface area contributed by atoms with Crippen LogP contribution < -0.4 is 16.4 Å². The van der Waals surface area contributed by atoms with Crippen molar-refractivity contribution in [2.45, 2.75) is 33.2 Å². The fourth-order valence-corrected chi connectivity index (χ4v) is 1.77. The number of amides is 2. The number of hydrogen-bond acceptors (Lipinski definition) is 3. The summed E-state index contributed by atoms with van der Waals surface area (Å²) >= 11 is 0. The molecule has 20 heavy (non-hydrogen) atoms. The molecule has 0 aliphatic rings. The number of aryl methyl sites for hydroxylation is 1. The van der Waals surface area contributed by atoms with Crippen molar-refractivity contribution in [1.82, 2.24) is 5.32 Å². The van der Waals surface area contributed by atoms with E-state index in [0.717, 1.165) is 12.0 Å². The summed E-state index contributed by atoms with van der Waals surface area (Å²) in [7, 11) is 1.57. The largest absolute Gasteiger partial charge is 0.355 e. The van der Waals surface area contributed by atoms with Gasteiger partial charge in [0.25, 0.3) is 5.91 Å². The second kappa shape index (κ2) is 7.05. The minimum Gasteiger partial charge on any atom is -0.355 e. The summed E-state index contributed by atoms with van der Waals surface area (Å²) in [4.78, 5) is 23.7. The van der Waals surface area contributed by atoms with E-state index < -0.39 is 6.04 Å². The van der Waals surface area contributed by atoms with Gasteiger partial charge in [-0.25, -0.2) is 0 Å². The second-order valence-electron chi connectivity index (χ2n) is 5.01. The van der Waals surface area contributed by atoms with Gasteiger partial charge in [-0.05, 0) is 30.5 Å². The van der Waals surface area contributed by atoms with Gasteiger partial charge in [-0.3, -0.25) is 9.59 Å². The molecule has 0 aromatic heterocycles. The molecule has 4 N–H and O–H groups in total. The van der Waals surface area contributed by atoms with Crippen LogP contribution in [0.5, 0.6) is 0 Å². The Hall–Kier alpha value is -1.88. The first-order valence-corrected chi connectivity index (χ1v) is 6.79. The lowest BCUT2D eigenvalue weighted by Crippen LogP contribution is -2.40. The van der Waals surface area contributed by atoms with E-state index in [2.05, 4.69) is 10.6 Å². The molecule has 2 amide bonds. The lowest BCUT2D eigenvalue weighted by atomic mass is 9.99. The van der Waals surface area contributed by atoms with Gasteiger partial charge in [0.15, 0.2) is 0 Å². The summed E-state index contributed by atoms with van der Waals surface area (Å²) in [6.07, 6.45) is 0.839. The van der Waals surface area contributed by atoms with Crippen molar-refractivity contribution < 1.29 is 9.59 Å². The fraction of sp³-hybridized carbons (Fsp3) is 0.467. The third-order valence-corrected chi connectivity index (χ3v) is 3.54. The number of anilines is 1. The van der Waals surface area contributed by atoms with Crippen LogP contribution in [0, 0.1) is 12.8 Å². The molecule has 1 rings (SSSR count). The van der Waals surface area contributed by atoms with Gasteiger partial charge in [0.2, 0.25) is 5.91 Å². The maximum absolute atomic E-state index is 12.1. The number of nitrogens with one attached hydrogen (secondary N) is 2. The highest BCUT2D eigenvalue weighted by molar-refractivity contribution is 5.99. The first kappa shape index (κ1) is 16.2. The van der Waals surface area contributed by atoms with Gasteiger partial charge >= 0.3 is 0 Å². The van der Waals surface area contributed by atoms with Gasteiger partial charge in [0.05, 0.1) is 6.04 Å². The summed E-state index contributed by atoms with van der Waals surface area (Å²) in [5, 5.41) is 5.36. The molecule has 5 heteroatoms. The highest BCUT2D eigenvalue weighted by Crippen LogP contribution is 2.18. The van der Waals surface area contributed by atoms with E-state index in [4.69, 9.17) is 5.73 Å². The van der Waals surface area contributed by atoms with Crippen molar-refractivity contribution in [2.24, 2.45) is 11.7 Å². The monoisotopic (exact) mass is 277 g/mol. The van der Waals surface area contributed by atoms with Crippen LogP contribution in [0.1, 0.15) is 36.2 Å². The molecule has 1 aromatic carbocycles. The van der Waals surface area contributed by atoms with Crippen LogP contribution in [-0.2, 0) is 4.79 Å². The molecule has 0 aliphatic heterocycles. The average Bonchev–Trinajstić information content (AvgIpc) is 2.46. The average molecular weight is 277 g/mol. The first-order chi connectivity index (χ1) is 9.40. The van der Waals surface area contributed by atoms with Crippen molar-refractivity contribution >= 4 is 17.5 Å². The molecule has 1 aromatic rings. The van der Waals surface area contributed by atoms with Crippen molar-refractivity contribution in [3.8, 4) is 0 Å². The number of nitrogens with two attached hydrogens (primary N) is 1. The van der Waals surface area contributed by atoms with Crippen LogP contribution in [0.25, 0.3) is 0 Å². The van der Waals surface area contributed by atoms with E-state index in [-0.39, 0.29) is 17.7 Å². The molecule has 0 bridgehead atoms. The molecular weight excluding hydrogens is 254 g/mol. The summed E-state index contributed by atoms with van der Waals surface area (Å²) in [6, 6.07) is 4.63. The number of hydrogen-bond donors (Lipinski definition) is 3. The Morgan fingerprint density at radius 3 is 2.55 bits per heavy atom. The zero-order valence-electron chi connectivity index (χ0n) is 12.5. The SMILES string of the molecule is CC[C@H](C)[C@H](N)C(=O)Nc1cc(C(=O)NC)ccc1C. The molecule has 0 heterocycles. The van der Waals surface area contributed by atoms with E-state index in [0.29, 0.717) is 11.3 Å². The minimum absolute atomic E-state index is 0.109. The number of rotatable bonds is 5. The van der Waals surface area contributed by atoms with Gasteiger partial charge < -0.3 is 16.4 Å². The molecule has 0 aliphatic carbocycles. The predicted octanol–water partition coefficient (Wildman–Crippen LogP) is 1.67. The maximum atomic E-state index is 12.1. The van der Waals surface area contributed by atoms with E-state index in [1.807, 2.05) is 20.8 Å². The molecule has 0 fully saturated rings. The summed E-state index contributed by atoms with van der Waals surface area (Å²) < 4.78 is 0. The zero-order chi connectivity index (χ0) is 15.3. The lowest BCUT2D eigenvalue weighted by molar-refractivity contribution is -0.118. The Morgan fingerprint density at radius 1 is 1.35 bits per heavy atom. The minimum atomic E-state index is -0.553. The van der Waals surface area contributed by atoms with Crippen molar-refractivity contribution in [3.63, 3.8) is 0 Å². The Kier molecular flexibility index (Phi) is 5.70. The van der Waals surface area contributed by atoms with Crippen LogP contribution in [0.2, 0.25) is 0 Å². The molecule has 0 spiro atoms. The van der Waals surface area contributed by atoms with Gasteiger partial charge in [0, 0.05) is 18.3 Å². The van der Waals surface area contributed by atoms with Gasteiger partial charge in [-0.2, -0.15) is 0 Å². The van der Waals surface area contributed by atoms with Crippen molar-refractivity contribution in [2.75, 3.05) is 12.4 Å². The van der Waals surface area contributed by atoms with Gasteiger partial charge in [0.1, 0.15) is 0 Å². The highest BCUT2D eigenvalue weighted by atomic mass is 16.2. The molecule has 2 atom stereocenters. The molecule has 0 unspecified atom stereocenters. The Balaban J connectivity index is 2.91. The summed E-state index contributed by atoms with van der Waals surface area (Å²) in [5.41, 5.74) is 7.92. The molecule has 5 nitrogen and oxygen atoms in total. The zero-order valence-corrected chi connectivity index (χ0v) is 12.5. The quantitative estimate of drug-likeness (QED) is 0.765. The van der Waals surface area contributed by atoms with Crippen LogP contribution in [0.3, 0.4) is 0 Å². The van der Waals surface area contributed by atoms with Gasteiger partial charge in [-0.15, -0.1) is 0 Å². The van der Waals surface area contributed by atoms with E-state index in [9.17, 15) is 9.59 Å². The van der Waals surface area contributed by atoms with E-state index >= 15 is 0 Å². The maximum Gasteiger partial charge on any atom is 0.251 e. The Bertz CT molecular complexity index is 500. The third-order valence-electron chi connectivity index (χ3n) is 3.54. The molecule has 110 valence electrons. The van der Waals surface area contributed by atoms with Crippen LogP contribution in [-0.4, -0.2) is 24.9 Å². The molecule has 0 radical (unpaired) electrons. The molecular formula is C15H23N3O2. The normalized spacial score (nSPS) is 13.4. The highest BCUT2D eigenvalue weighted by Gasteiger charge is 2.20. The van der Waals surface area contributed by atoms with E-state index in [1.54, 1.807) is 25.2 Å². The summed E-state index contributed by atoms with van der Waals surface area (Å²) in [5.74, 6) is -0.305. The first-order valence-electron chi connectivity index (χ1n) is 6.79. The fourth-order valence-electron chi connectivity index (χ4n) is 1.77. The second-order valence-corrected chi connectivity index (χ2v) is 5.01. The van der Waals surface area contributed by atoms with Crippen LogP contribution >= 0.6 is 0 Å². The number of carbonyl (C=O) groups excluding carboxylic acids is 2. The number of benzene rings is 1. The van der Waals surface area contributed by atoms with E-state index in [1.165, 1.54) is 0 Å². The standard InChI is InChI=1S/C15H23N3O2/c1-5-9(2)13(16)15(20)18-12-8-11(14(19)17-4)7-6-10(12)3/h6-9,13H,5,16H2,1-4H3,(H,17,19)(H,18,20)/t9-,13-/m0/s1. The van der Waals surface area contributed by atoms with Crippen molar-refractivity contribution in [3.05, 3.63) is 29.3 Å². The topological polar surface area (TPSA) is 84.2 Å². The smallest absolute Gasteiger partial charge is 0.251 e. The Morgan fingerprint density at radius 2 is 2.00 bits per heavy atom. The van der Waals surface area contributed by atoms with Crippen LogP contribution in [0.4, 0.5) is 5.69 Å². The molecule has 0 saturated carbocycles. The van der Waals surface area contributed by atoms with Gasteiger partial charge in [-0.1, -0.05) is 26.3 Å². The number of carbonyl (C=O) groups is 2. The summed E-state index contributed by atoms with van der Waals surface area (Å²) in [6.45, 7) is 5.81. The van der Waals surface area contributed by atoms with Crippen molar-refractivity contribution in [1.29, 1.82) is 0 Å². The third kappa shape index (κ3) is 3.81. The lowest BCUT2D eigenvalue weighted by Gasteiger charge is -2.18. The molecule has 0 saturated heterocycles. The predicted molar refractivity (Wildman–Crippen MR) is 80.6 cm³/mol.